The number of phenolic OH excluding ortho intramolecular Hbond substituents is 1. The fourth-order valence-electron chi connectivity index (χ4n) is 0.750. The van der Waals surface area contributed by atoms with Crippen molar-refractivity contribution in [2.75, 3.05) is 5.75 Å². The molecule has 0 unspecified atom stereocenters. The number of carbonyl (C=O) groups excluding carboxylic acids is 1. The average molecular weight is 309 g/mol. The number of amides is 1. The number of nitrogens with one attached hydrogen (secondary N) is 1. The lowest BCUT2D eigenvalue weighted by molar-refractivity contribution is -0.116. The predicted octanol–water partition coefficient (Wildman–Crippen LogP) is 1.95. The van der Waals surface area contributed by atoms with Crippen LogP contribution in [0, 0.1) is 0 Å². The summed E-state index contributed by atoms with van der Waals surface area (Å²) < 4.78 is 2.48. The van der Waals surface area contributed by atoms with Crippen molar-refractivity contribution < 1.29 is 9.90 Å². The average Bonchev–Trinajstić information content (AvgIpc) is 2.16. The number of aromatic hydroxyl groups is 1. The van der Waals surface area contributed by atoms with E-state index in [0.29, 0.717) is 5.75 Å². The molecule has 1 aromatic rings. The van der Waals surface area contributed by atoms with E-state index in [0.717, 1.165) is 4.90 Å². The highest BCUT2D eigenvalue weighted by Crippen LogP contribution is 2.27. The summed E-state index contributed by atoms with van der Waals surface area (Å²) in [7, 11) is 0. The number of benzene rings is 1. The molecular weight excluding hydrogens is 301 g/mol. The lowest BCUT2D eigenvalue weighted by atomic mass is 10.3. The van der Waals surface area contributed by atoms with Gasteiger partial charge in [0.05, 0.1) is 28.6 Å². The zero-order valence-electron chi connectivity index (χ0n) is 6.66. The van der Waals surface area contributed by atoms with Crippen molar-refractivity contribution in [2.24, 2.45) is 0 Å². The fourth-order valence-corrected chi connectivity index (χ4v) is 1.95. The molecule has 0 atom stereocenters. The summed E-state index contributed by atoms with van der Waals surface area (Å²) in [6.07, 6.45) is 0. The maximum Gasteiger partial charge on any atom is 0.238 e. The molecule has 0 saturated carbocycles. The second-order valence-electron chi connectivity index (χ2n) is 2.27. The minimum atomic E-state index is -0.0612. The molecule has 2 N–H and O–H groups in total. The third-order valence-corrected chi connectivity index (χ3v) is 2.99. The standard InChI is InChI=1S/C8H8INO2S/c9-10-8(12)5-13-7-4-2-1-3-6(7)11/h1-4,11H,5H2,(H,10,12). The van der Waals surface area contributed by atoms with E-state index in [1.54, 1.807) is 41.1 Å². The number of thioether (sulfide) groups is 1. The van der Waals surface area contributed by atoms with Crippen molar-refractivity contribution in [2.45, 2.75) is 4.90 Å². The molecule has 0 radical (unpaired) electrons. The number of phenols is 1. The maximum atomic E-state index is 10.9. The largest absolute Gasteiger partial charge is 0.507 e. The summed E-state index contributed by atoms with van der Waals surface area (Å²) in [5.41, 5.74) is 0. The molecule has 0 spiro atoms. The van der Waals surface area contributed by atoms with E-state index in [9.17, 15) is 9.90 Å². The summed E-state index contributed by atoms with van der Waals surface area (Å²) in [6.45, 7) is 0. The van der Waals surface area contributed by atoms with Gasteiger partial charge in [0.25, 0.3) is 0 Å². The van der Waals surface area contributed by atoms with Crippen molar-refractivity contribution in [1.29, 1.82) is 0 Å². The molecule has 70 valence electrons. The zero-order chi connectivity index (χ0) is 9.68. The Kier molecular flexibility index (Phi) is 4.37. The van der Waals surface area contributed by atoms with Crippen LogP contribution >= 0.6 is 34.6 Å². The van der Waals surface area contributed by atoms with Crippen LogP contribution in [0.5, 0.6) is 5.75 Å². The minimum absolute atomic E-state index is 0.0612. The number of halogens is 1. The van der Waals surface area contributed by atoms with Crippen molar-refractivity contribution in [3.05, 3.63) is 24.3 Å². The maximum absolute atomic E-state index is 10.9. The Hall–Kier alpha value is -0.430. The van der Waals surface area contributed by atoms with Crippen molar-refractivity contribution >= 4 is 40.5 Å². The predicted molar refractivity (Wildman–Crippen MR) is 61.0 cm³/mol. The van der Waals surface area contributed by atoms with Crippen LogP contribution in [-0.2, 0) is 4.79 Å². The summed E-state index contributed by atoms with van der Waals surface area (Å²) in [6, 6.07) is 6.95. The van der Waals surface area contributed by atoms with E-state index in [-0.39, 0.29) is 11.7 Å². The van der Waals surface area contributed by atoms with E-state index in [2.05, 4.69) is 3.53 Å². The number of hydrogen-bond acceptors (Lipinski definition) is 3. The van der Waals surface area contributed by atoms with Gasteiger partial charge in [-0.15, -0.1) is 11.8 Å². The van der Waals surface area contributed by atoms with Gasteiger partial charge in [-0.1, -0.05) is 12.1 Å². The Labute approximate surface area is 94.4 Å². The highest BCUT2D eigenvalue weighted by Gasteiger charge is 2.03. The first-order valence-electron chi connectivity index (χ1n) is 3.54. The van der Waals surface area contributed by atoms with E-state index in [1.165, 1.54) is 11.8 Å². The Morgan fingerprint density at radius 2 is 2.23 bits per heavy atom. The van der Waals surface area contributed by atoms with Gasteiger partial charge in [-0.2, -0.15) is 0 Å². The van der Waals surface area contributed by atoms with E-state index in [4.69, 9.17) is 0 Å². The van der Waals surface area contributed by atoms with Crippen LogP contribution in [0.1, 0.15) is 0 Å². The highest BCUT2D eigenvalue weighted by molar-refractivity contribution is 14.1. The van der Waals surface area contributed by atoms with Crippen molar-refractivity contribution in [1.82, 2.24) is 3.53 Å². The molecule has 0 bridgehead atoms. The van der Waals surface area contributed by atoms with Crippen LogP contribution in [0.25, 0.3) is 0 Å². The van der Waals surface area contributed by atoms with Gasteiger partial charge in [-0.05, 0) is 12.1 Å². The minimum Gasteiger partial charge on any atom is -0.507 e. The molecule has 1 amide bonds. The summed E-state index contributed by atoms with van der Waals surface area (Å²) in [5, 5.41) is 9.34. The van der Waals surface area contributed by atoms with Crippen LogP contribution in [0.2, 0.25) is 0 Å². The second-order valence-corrected chi connectivity index (χ2v) is 3.83. The van der Waals surface area contributed by atoms with Gasteiger partial charge < -0.3 is 5.11 Å². The Balaban J connectivity index is 2.54. The Bertz CT molecular complexity index is 306. The summed E-state index contributed by atoms with van der Waals surface area (Å²) in [5.74, 6) is 0.475. The first-order chi connectivity index (χ1) is 6.24. The Morgan fingerprint density at radius 3 is 2.85 bits per heavy atom. The molecular formula is C8H8INO2S. The monoisotopic (exact) mass is 309 g/mol. The number of para-hydroxylation sites is 1. The molecule has 5 heteroatoms. The molecule has 1 aromatic carbocycles. The van der Waals surface area contributed by atoms with Crippen LogP contribution < -0.4 is 3.53 Å². The quantitative estimate of drug-likeness (QED) is 0.510. The first-order valence-corrected chi connectivity index (χ1v) is 5.60. The molecule has 0 heterocycles. The van der Waals surface area contributed by atoms with Crippen molar-refractivity contribution in [3.63, 3.8) is 0 Å². The van der Waals surface area contributed by atoms with Gasteiger partial charge in [0, 0.05) is 4.90 Å². The molecule has 0 aliphatic heterocycles. The number of hydrogen-bond donors (Lipinski definition) is 2. The van der Waals surface area contributed by atoms with E-state index >= 15 is 0 Å². The molecule has 3 nitrogen and oxygen atoms in total. The van der Waals surface area contributed by atoms with Crippen LogP contribution in [-0.4, -0.2) is 16.8 Å². The number of carbonyl (C=O) groups is 1. The van der Waals surface area contributed by atoms with Crippen molar-refractivity contribution in [3.8, 4) is 5.75 Å². The summed E-state index contributed by atoms with van der Waals surface area (Å²) >= 11 is 3.10. The third-order valence-electron chi connectivity index (χ3n) is 1.33. The van der Waals surface area contributed by atoms with E-state index < -0.39 is 0 Å². The van der Waals surface area contributed by atoms with Gasteiger partial charge in [-0.25, -0.2) is 0 Å². The van der Waals surface area contributed by atoms with Gasteiger partial charge in [0.1, 0.15) is 5.75 Å². The lowest BCUT2D eigenvalue weighted by Gasteiger charge is -2.01. The molecule has 0 saturated heterocycles. The topological polar surface area (TPSA) is 49.3 Å². The smallest absolute Gasteiger partial charge is 0.238 e. The second kappa shape index (κ2) is 5.33. The summed E-state index contributed by atoms with van der Waals surface area (Å²) in [4.78, 5) is 11.6. The van der Waals surface area contributed by atoms with Gasteiger partial charge in [0.15, 0.2) is 0 Å². The molecule has 1 rings (SSSR count). The Morgan fingerprint density at radius 1 is 1.54 bits per heavy atom. The molecule has 0 aromatic heterocycles. The van der Waals surface area contributed by atoms with Gasteiger partial charge in [0.2, 0.25) is 5.91 Å². The molecule has 0 aliphatic rings. The SMILES string of the molecule is O=C(CSc1ccccc1O)NI. The third kappa shape index (κ3) is 3.43. The van der Waals surface area contributed by atoms with E-state index in [1.807, 2.05) is 6.07 Å². The molecule has 0 aliphatic carbocycles. The zero-order valence-corrected chi connectivity index (χ0v) is 9.63. The molecule has 13 heavy (non-hydrogen) atoms. The highest BCUT2D eigenvalue weighted by atomic mass is 127. The van der Waals surface area contributed by atoms with Crippen LogP contribution in [0.4, 0.5) is 0 Å². The number of rotatable bonds is 3. The van der Waals surface area contributed by atoms with Gasteiger partial charge >= 0.3 is 0 Å². The van der Waals surface area contributed by atoms with Crippen LogP contribution in [0.3, 0.4) is 0 Å². The first kappa shape index (κ1) is 10.6. The van der Waals surface area contributed by atoms with Crippen LogP contribution in [0.15, 0.2) is 29.2 Å². The lowest BCUT2D eigenvalue weighted by Crippen LogP contribution is -2.13. The van der Waals surface area contributed by atoms with Gasteiger partial charge in [-0.3, -0.25) is 8.32 Å². The molecule has 0 fully saturated rings. The normalized spacial score (nSPS) is 9.62. The fraction of sp³-hybridized carbons (Fsp3) is 0.125.